The summed E-state index contributed by atoms with van der Waals surface area (Å²) in [6.07, 6.45) is 0. The molecule has 0 spiro atoms. The number of nitrogens with one attached hydrogen (secondary N) is 1. The molecule has 21 heavy (non-hydrogen) atoms. The van der Waals surface area contributed by atoms with Gasteiger partial charge in [-0.15, -0.1) is 0 Å². The van der Waals surface area contributed by atoms with Gasteiger partial charge in [0, 0.05) is 4.47 Å². The third-order valence-electron chi connectivity index (χ3n) is 2.63. The Hall–Kier alpha value is -2.28. The smallest absolute Gasteiger partial charge is 0.335 e. The zero-order valence-corrected chi connectivity index (χ0v) is 11.9. The fourth-order valence-electron chi connectivity index (χ4n) is 1.62. The van der Waals surface area contributed by atoms with Crippen molar-refractivity contribution >= 4 is 33.5 Å². The Balaban J connectivity index is 2.33. The highest BCUT2D eigenvalue weighted by Crippen LogP contribution is 2.24. The van der Waals surface area contributed by atoms with Gasteiger partial charge in [-0.05, 0) is 52.3 Å². The Morgan fingerprint density at radius 1 is 1.10 bits per heavy atom. The molecule has 2 aromatic carbocycles. The monoisotopic (exact) mass is 355 g/mol. The van der Waals surface area contributed by atoms with Gasteiger partial charge in [-0.3, -0.25) is 4.79 Å². The highest BCUT2D eigenvalue weighted by atomic mass is 79.9. The fraction of sp³-hybridized carbons (Fsp3) is 0. The van der Waals surface area contributed by atoms with Crippen LogP contribution in [0.2, 0.25) is 0 Å². The van der Waals surface area contributed by atoms with E-state index < -0.39 is 29.1 Å². The Bertz CT molecular complexity index is 734. The van der Waals surface area contributed by atoms with Gasteiger partial charge in [0.1, 0.15) is 11.6 Å². The van der Waals surface area contributed by atoms with Crippen molar-refractivity contribution in [2.75, 3.05) is 5.32 Å². The molecule has 7 heteroatoms. The summed E-state index contributed by atoms with van der Waals surface area (Å²) in [5.74, 6) is -3.68. The Kier molecular flexibility index (Phi) is 4.32. The lowest BCUT2D eigenvalue weighted by Gasteiger charge is -2.09. The topological polar surface area (TPSA) is 66.4 Å². The van der Waals surface area contributed by atoms with Gasteiger partial charge in [0.05, 0.1) is 16.8 Å². The largest absolute Gasteiger partial charge is 0.478 e. The number of hydrogen-bond acceptors (Lipinski definition) is 2. The number of carboxylic acids is 1. The molecule has 2 rings (SSSR count). The van der Waals surface area contributed by atoms with Crippen molar-refractivity contribution < 1.29 is 23.5 Å². The van der Waals surface area contributed by atoms with Gasteiger partial charge in [0.2, 0.25) is 0 Å². The lowest BCUT2D eigenvalue weighted by atomic mass is 10.1. The first-order valence-corrected chi connectivity index (χ1v) is 6.47. The molecular formula is C14H8BrF2NO3. The molecule has 2 N–H and O–H groups in total. The molecule has 0 heterocycles. The van der Waals surface area contributed by atoms with Crippen LogP contribution < -0.4 is 5.32 Å². The van der Waals surface area contributed by atoms with Crippen molar-refractivity contribution in [1.29, 1.82) is 0 Å². The highest BCUT2D eigenvalue weighted by molar-refractivity contribution is 9.10. The number of halogens is 3. The van der Waals surface area contributed by atoms with Crippen molar-refractivity contribution in [2.45, 2.75) is 0 Å². The van der Waals surface area contributed by atoms with Crippen LogP contribution in [-0.2, 0) is 0 Å². The summed E-state index contributed by atoms with van der Waals surface area (Å²) in [6.45, 7) is 0. The summed E-state index contributed by atoms with van der Waals surface area (Å²) in [5, 5.41) is 11.2. The van der Waals surface area contributed by atoms with Crippen molar-refractivity contribution in [3.05, 3.63) is 63.6 Å². The van der Waals surface area contributed by atoms with Crippen molar-refractivity contribution in [3.8, 4) is 0 Å². The van der Waals surface area contributed by atoms with E-state index in [4.69, 9.17) is 5.11 Å². The van der Waals surface area contributed by atoms with Crippen LogP contribution in [0.25, 0.3) is 0 Å². The number of aromatic carboxylic acids is 1. The average molecular weight is 356 g/mol. The fourth-order valence-corrected chi connectivity index (χ4v) is 1.96. The minimum atomic E-state index is -1.17. The van der Waals surface area contributed by atoms with E-state index in [1.807, 2.05) is 0 Å². The molecule has 108 valence electrons. The molecule has 2 aromatic rings. The minimum Gasteiger partial charge on any atom is -0.478 e. The maximum Gasteiger partial charge on any atom is 0.335 e. The molecule has 4 nitrogen and oxygen atoms in total. The van der Waals surface area contributed by atoms with E-state index in [0.717, 1.165) is 18.2 Å². The van der Waals surface area contributed by atoms with E-state index in [2.05, 4.69) is 21.2 Å². The molecule has 0 saturated carbocycles. The lowest BCUT2D eigenvalue weighted by molar-refractivity contribution is 0.0696. The van der Waals surface area contributed by atoms with Crippen LogP contribution in [0.1, 0.15) is 20.7 Å². The van der Waals surface area contributed by atoms with Crippen LogP contribution in [0.3, 0.4) is 0 Å². The number of carbonyl (C=O) groups is 2. The maximum atomic E-state index is 13.5. The SMILES string of the molecule is O=C(O)c1ccc(Br)c(NC(=O)c2cc(F)ccc2F)c1. The van der Waals surface area contributed by atoms with Crippen LogP contribution in [0.4, 0.5) is 14.5 Å². The molecule has 0 aliphatic heterocycles. The molecule has 1 amide bonds. The third-order valence-corrected chi connectivity index (χ3v) is 3.33. The normalized spacial score (nSPS) is 10.2. The third kappa shape index (κ3) is 3.43. The van der Waals surface area contributed by atoms with Crippen molar-refractivity contribution in [2.24, 2.45) is 0 Å². The Morgan fingerprint density at radius 2 is 1.81 bits per heavy atom. The number of hydrogen-bond donors (Lipinski definition) is 2. The van der Waals surface area contributed by atoms with Crippen LogP contribution in [0.5, 0.6) is 0 Å². The molecule has 0 aromatic heterocycles. The molecule has 0 atom stereocenters. The number of carbonyl (C=O) groups excluding carboxylic acids is 1. The second-order valence-electron chi connectivity index (χ2n) is 4.08. The number of benzene rings is 2. The van der Waals surface area contributed by atoms with Gasteiger partial charge in [-0.25, -0.2) is 13.6 Å². The van der Waals surface area contributed by atoms with Crippen LogP contribution in [0.15, 0.2) is 40.9 Å². The maximum absolute atomic E-state index is 13.5. The lowest BCUT2D eigenvalue weighted by Crippen LogP contribution is -2.15. The Morgan fingerprint density at radius 3 is 2.48 bits per heavy atom. The van der Waals surface area contributed by atoms with E-state index in [9.17, 15) is 18.4 Å². The molecule has 0 radical (unpaired) electrons. The first-order valence-electron chi connectivity index (χ1n) is 5.67. The zero-order chi connectivity index (χ0) is 15.6. The molecule has 0 unspecified atom stereocenters. The molecule has 0 aliphatic carbocycles. The van der Waals surface area contributed by atoms with Gasteiger partial charge < -0.3 is 10.4 Å². The summed E-state index contributed by atoms with van der Waals surface area (Å²) in [7, 11) is 0. The van der Waals surface area contributed by atoms with E-state index in [-0.39, 0.29) is 11.3 Å². The number of rotatable bonds is 3. The van der Waals surface area contributed by atoms with Gasteiger partial charge >= 0.3 is 5.97 Å². The quantitative estimate of drug-likeness (QED) is 0.882. The number of carboxylic acid groups (broad SMARTS) is 1. The van der Waals surface area contributed by atoms with Gasteiger partial charge in [0.25, 0.3) is 5.91 Å². The number of anilines is 1. The van der Waals surface area contributed by atoms with E-state index in [0.29, 0.717) is 4.47 Å². The summed E-state index contributed by atoms with van der Waals surface area (Å²) >= 11 is 3.14. The molecule has 0 bridgehead atoms. The average Bonchev–Trinajstić information content (AvgIpc) is 2.43. The summed E-state index contributed by atoms with van der Waals surface area (Å²) in [6, 6.07) is 6.48. The Labute approximate surface area is 126 Å². The predicted molar refractivity (Wildman–Crippen MR) is 75.4 cm³/mol. The first kappa shape index (κ1) is 15.1. The highest BCUT2D eigenvalue weighted by Gasteiger charge is 2.15. The molecule has 0 aliphatic rings. The van der Waals surface area contributed by atoms with Crippen LogP contribution in [0, 0.1) is 11.6 Å². The van der Waals surface area contributed by atoms with E-state index >= 15 is 0 Å². The number of amides is 1. The first-order chi connectivity index (χ1) is 9.88. The standard InChI is InChI=1S/C14H8BrF2NO3/c15-10-3-1-7(14(20)21)5-12(10)18-13(19)9-6-8(16)2-4-11(9)17/h1-6H,(H,18,19)(H,20,21). The summed E-state index contributed by atoms with van der Waals surface area (Å²) in [4.78, 5) is 22.8. The summed E-state index contributed by atoms with van der Waals surface area (Å²) < 4.78 is 27.0. The molecule has 0 saturated heterocycles. The second kappa shape index (κ2) is 6.01. The van der Waals surface area contributed by atoms with Crippen LogP contribution in [-0.4, -0.2) is 17.0 Å². The second-order valence-corrected chi connectivity index (χ2v) is 4.93. The minimum absolute atomic E-state index is 0.0479. The van der Waals surface area contributed by atoms with E-state index in [1.54, 1.807) is 0 Å². The molecular weight excluding hydrogens is 348 g/mol. The van der Waals surface area contributed by atoms with Gasteiger partial charge in [0.15, 0.2) is 0 Å². The van der Waals surface area contributed by atoms with Crippen LogP contribution >= 0.6 is 15.9 Å². The van der Waals surface area contributed by atoms with Gasteiger partial charge in [-0.2, -0.15) is 0 Å². The molecule has 0 fully saturated rings. The predicted octanol–water partition coefficient (Wildman–Crippen LogP) is 3.68. The summed E-state index contributed by atoms with van der Waals surface area (Å²) in [5.41, 5.74) is -0.376. The van der Waals surface area contributed by atoms with Crippen molar-refractivity contribution in [1.82, 2.24) is 0 Å². The zero-order valence-electron chi connectivity index (χ0n) is 10.4. The van der Waals surface area contributed by atoms with Gasteiger partial charge in [-0.1, -0.05) is 0 Å². The van der Waals surface area contributed by atoms with Crippen molar-refractivity contribution in [3.63, 3.8) is 0 Å². The van der Waals surface area contributed by atoms with E-state index in [1.165, 1.54) is 18.2 Å².